The molecule has 1 saturated heterocycles. The van der Waals surface area contributed by atoms with Gasteiger partial charge < -0.3 is 20.1 Å². The number of hydrogen-bond acceptors (Lipinski definition) is 6. The van der Waals surface area contributed by atoms with Gasteiger partial charge in [-0.25, -0.2) is 9.59 Å². The highest BCUT2D eigenvalue weighted by Gasteiger charge is 2.54. The predicted octanol–water partition coefficient (Wildman–Crippen LogP) is -2.06. The highest BCUT2D eigenvalue weighted by atomic mass is 16.6. The number of aliphatic hydroxyl groups is 2. The lowest BCUT2D eigenvalue weighted by Gasteiger charge is -2.25. The number of carboxylic acids is 1. The quantitative estimate of drug-likeness (QED) is 0.500. The Morgan fingerprint density at radius 1 is 1.60 bits per heavy atom. The van der Waals surface area contributed by atoms with Crippen LogP contribution < -0.4 is 11.2 Å². The number of carbonyl (C=O) groups is 1. The Morgan fingerprint density at radius 3 is 2.75 bits per heavy atom. The third-order valence-electron chi connectivity index (χ3n) is 3.36. The molecule has 1 aliphatic heterocycles. The zero-order chi connectivity index (χ0) is 15.1. The summed E-state index contributed by atoms with van der Waals surface area (Å²) in [5.41, 5.74) is -3.28. The van der Waals surface area contributed by atoms with Crippen molar-refractivity contribution in [3.63, 3.8) is 0 Å². The number of carboxylic acid groups (broad SMARTS) is 1. The van der Waals surface area contributed by atoms with Crippen LogP contribution in [0.15, 0.2) is 15.8 Å². The van der Waals surface area contributed by atoms with Crippen LogP contribution in [0.4, 0.5) is 0 Å². The van der Waals surface area contributed by atoms with Crippen molar-refractivity contribution in [3.05, 3.63) is 32.6 Å². The molecule has 9 nitrogen and oxygen atoms in total. The molecule has 0 radical (unpaired) electrons. The smallest absolute Gasteiger partial charge is 0.341 e. The predicted molar refractivity (Wildman–Crippen MR) is 64.3 cm³/mol. The molecule has 0 saturated carbocycles. The van der Waals surface area contributed by atoms with Crippen molar-refractivity contribution in [1.29, 1.82) is 0 Å². The van der Waals surface area contributed by atoms with Gasteiger partial charge in [-0.3, -0.25) is 14.3 Å². The Morgan fingerprint density at radius 2 is 2.25 bits per heavy atom. The van der Waals surface area contributed by atoms with Gasteiger partial charge in [-0.1, -0.05) is 0 Å². The van der Waals surface area contributed by atoms with Crippen molar-refractivity contribution in [3.8, 4) is 0 Å². The number of aromatic amines is 1. The Labute approximate surface area is 112 Å². The van der Waals surface area contributed by atoms with Gasteiger partial charge in [0.05, 0.1) is 6.61 Å². The number of nitrogens with one attached hydrogen (secondary N) is 1. The van der Waals surface area contributed by atoms with E-state index in [0.29, 0.717) is 0 Å². The molecule has 0 aliphatic carbocycles. The molecule has 1 aromatic rings. The third-order valence-corrected chi connectivity index (χ3v) is 3.36. The lowest BCUT2D eigenvalue weighted by Crippen LogP contribution is -2.50. The first-order valence-electron chi connectivity index (χ1n) is 5.84. The summed E-state index contributed by atoms with van der Waals surface area (Å²) >= 11 is 0. The van der Waals surface area contributed by atoms with E-state index in [4.69, 9.17) is 9.84 Å². The van der Waals surface area contributed by atoms with Crippen molar-refractivity contribution in [2.75, 3.05) is 6.61 Å². The molecule has 9 heteroatoms. The molecule has 0 bridgehead atoms. The summed E-state index contributed by atoms with van der Waals surface area (Å²) in [6.07, 6.45) is -1.54. The number of aryl methyl sites for hydroxylation is 1. The maximum Gasteiger partial charge on any atom is 0.341 e. The zero-order valence-corrected chi connectivity index (χ0v) is 10.6. The van der Waals surface area contributed by atoms with Crippen molar-refractivity contribution in [2.24, 2.45) is 0 Å². The molecule has 2 rings (SSSR count). The van der Waals surface area contributed by atoms with Crippen LogP contribution in [0.25, 0.3) is 0 Å². The Balaban J connectivity index is 2.43. The summed E-state index contributed by atoms with van der Waals surface area (Å²) in [4.78, 5) is 36.2. The lowest BCUT2D eigenvalue weighted by atomic mass is 9.98. The first-order valence-corrected chi connectivity index (χ1v) is 5.84. The number of hydrogen-bond donors (Lipinski definition) is 4. The summed E-state index contributed by atoms with van der Waals surface area (Å²) in [6, 6.07) is 0. The van der Waals surface area contributed by atoms with Crippen LogP contribution in [-0.4, -0.2) is 49.2 Å². The fourth-order valence-electron chi connectivity index (χ4n) is 2.12. The van der Waals surface area contributed by atoms with Crippen molar-refractivity contribution in [2.45, 2.75) is 31.3 Å². The van der Waals surface area contributed by atoms with E-state index >= 15 is 0 Å². The number of rotatable bonds is 3. The number of aliphatic hydroxyl groups excluding tert-OH is 2. The molecule has 0 amide bonds. The zero-order valence-electron chi connectivity index (χ0n) is 10.6. The minimum atomic E-state index is -2.17. The SMILES string of the molecule is Cc1cn([C@H]2C[C@H](O)[C@](CO)(C(=O)O)O2)c(=O)[nH]c1=O. The van der Waals surface area contributed by atoms with Crippen LogP contribution >= 0.6 is 0 Å². The van der Waals surface area contributed by atoms with E-state index in [1.165, 1.54) is 13.1 Å². The van der Waals surface area contributed by atoms with E-state index < -0.39 is 41.8 Å². The van der Waals surface area contributed by atoms with Crippen LogP contribution in [0.5, 0.6) is 0 Å². The number of nitrogens with zero attached hydrogens (tertiary/aromatic N) is 1. The van der Waals surface area contributed by atoms with Gasteiger partial charge in [0.15, 0.2) is 0 Å². The van der Waals surface area contributed by atoms with E-state index in [-0.39, 0.29) is 12.0 Å². The maximum atomic E-state index is 11.7. The topological polar surface area (TPSA) is 142 Å². The van der Waals surface area contributed by atoms with Gasteiger partial charge in [0, 0.05) is 18.2 Å². The van der Waals surface area contributed by atoms with Gasteiger partial charge in [0.2, 0.25) is 5.60 Å². The Hall–Kier alpha value is -1.97. The second-order valence-electron chi connectivity index (χ2n) is 4.66. The third kappa shape index (κ3) is 2.05. The Kier molecular flexibility index (Phi) is 3.50. The van der Waals surface area contributed by atoms with E-state index in [1.54, 1.807) is 0 Å². The second-order valence-corrected chi connectivity index (χ2v) is 4.66. The monoisotopic (exact) mass is 286 g/mol. The van der Waals surface area contributed by atoms with Crippen molar-refractivity contribution >= 4 is 5.97 Å². The van der Waals surface area contributed by atoms with Crippen LogP contribution in [-0.2, 0) is 9.53 Å². The fourth-order valence-corrected chi connectivity index (χ4v) is 2.12. The second kappa shape index (κ2) is 4.85. The summed E-state index contributed by atoms with van der Waals surface area (Å²) in [6.45, 7) is 0.535. The van der Waals surface area contributed by atoms with Gasteiger partial charge in [0.1, 0.15) is 12.3 Å². The molecule has 0 unspecified atom stereocenters. The average Bonchev–Trinajstić information content (AvgIpc) is 2.72. The van der Waals surface area contributed by atoms with Crippen molar-refractivity contribution < 1.29 is 24.9 Å². The van der Waals surface area contributed by atoms with E-state index in [9.17, 15) is 24.6 Å². The van der Waals surface area contributed by atoms with Gasteiger partial charge in [-0.05, 0) is 6.92 Å². The average molecular weight is 286 g/mol. The van der Waals surface area contributed by atoms with Crippen LogP contribution in [0, 0.1) is 6.92 Å². The number of ether oxygens (including phenoxy) is 1. The standard InChI is InChI=1S/C11H14N2O7/c1-5-3-13(10(19)12-8(5)16)7-2-6(15)11(4-14,20-7)9(17)18/h3,6-7,14-15H,2,4H2,1H3,(H,17,18)(H,12,16,19)/t6-,7+,11+/m0/s1. The summed E-state index contributed by atoms with van der Waals surface area (Å²) in [7, 11) is 0. The van der Waals surface area contributed by atoms with Crippen LogP contribution in [0.2, 0.25) is 0 Å². The normalized spacial score (nSPS) is 29.6. The van der Waals surface area contributed by atoms with Gasteiger partial charge in [-0.2, -0.15) is 0 Å². The van der Waals surface area contributed by atoms with E-state index in [0.717, 1.165) is 4.57 Å². The first-order chi connectivity index (χ1) is 9.31. The molecule has 0 aromatic carbocycles. The lowest BCUT2D eigenvalue weighted by molar-refractivity contribution is -0.184. The summed E-state index contributed by atoms with van der Waals surface area (Å²) in [5, 5.41) is 28.1. The molecule has 1 fully saturated rings. The van der Waals surface area contributed by atoms with Crippen LogP contribution in [0.3, 0.4) is 0 Å². The molecule has 4 N–H and O–H groups in total. The van der Waals surface area contributed by atoms with Crippen LogP contribution in [0.1, 0.15) is 18.2 Å². The first kappa shape index (κ1) is 14.4. The molecular weight excluding hydrogens is 272 g/mol. The molecule has 1 aromatic heterocycles. The van der Waals surface area contributed by atoms with E-state index in [1.807, 2.05) is 0 Å². The van der Waals surface area contributed by atoms with Crippen molar-refractivity contribution in [1.82, 2.24) is 9.55 Å². The highest BCUT2D eigenvalue weighted by molar-refractivity contribution is 5.79. The summed E-state index contributed by atoms with van der Waals surface area (Å²) < 4.78 is 6.16. The molecule has 1 aliphatic rings. The minimum absolute atomic E-state index is 0.196. The Bertz CT molecular complexity index is 649. The maximum absolute atomic E-state index is 11.7. The molecule has 110 valence electrons. The molecule has 0 spiro atoms. The summed E-state index contributed by atoms with van der Waals surface area (Å²) in [5.74, 6) is -1.52. The fraction of sp³-hybridized carbons (Fsp3) is 0.545. The molecule has 2 heterocycles. The minimum Gasteiger partial charge on any atom is -0.479 e. The number of aromatic nitrogens is 2. The van der Waals surface area contributed by atoms with Gasteiger partial charge in [0.25, 0.3) is 5.56 Å². The van der Waals surface area contributed by atoms with Gasteiger partial charge >= 0.3 is 11.7 Å². The number of aliphatic carboxylic acids is 1. The molecular formula is C11H14N2O7. The number of H-pyrrole nitrogens is 1. The molecule has 3 atom stereocenters. The van der Waals surface area contributed by atoms with E-state index in [2.05, 4.69) is 4.98 Å². The molecule has 20 heavy (non-hydrogen) atoms. The highest BCUT2D eigenvalue weighted by Crippen LogP contribution is 2.36. The largest absolute Gasteiger partial charge is 0.479 e. The van der Waals surface area contributed by atoms with Gasteiger partial charge in [-0.15, -0.1) is 0 Å².